The van der Waals surface area contributed by atoms with Gasteiger partial charge in [-0.2, -0.15) is 0 Å². The van der Waals surface area contributed by atoms with Gasteiger partial charge in [0.05, 0.1) is 19.2 Å². The summed E-state index contributed by atoms with van der Waals surface area (Å²) in [5, 5.41) is 3.38. The van der Waals surface area contributed by atoms with E-state index in [1.807, 2.05) is 0 Å². The van der Waals surface area contributed by atoms with Crippen LogP contribution in [0, 0.1) is 5.92 Å². The van der Waals surface area contributed by atoms with Crippen molar-refractivity contribution in [3.05, 3.63) is 22.7 Å². The Morgan fingerprint density at radius 3 is 2.67 bits per heavy atom. The van der Waals surface area contributed by atoms with Crippen molar-refractivity contribution in [3.8, 4) is 11.5 Å². The van der Waals surface area contributed by atoms with Crippen molar-refractivity contribution in [1.82, 2.24) is 5.32 Å². The molecular weight excluding hydrogens is 254 g/mol. The van der Waals surface area contributed by atoms with Crippen LogP contribution in [0.1, 0.15) is 18.4 Å². The molecule has 0 radical (unpaired) electrons. The molecule has 0 atom stereocenters. The van der Waals surface area contributed by atoms with Crippen molar-refractivity contribution in [2.24, 2.45) is 5.92 Å². The molecule has 1 aromatic carbocycles. The van der Waals surface area contributed by atoms with Gasteiger partial charge in [0.2, 0.25) is 5.91 Å². The van der Waals surface area contributed by atoms with Gasteiger partial charge in [0, 0.05) is 18.5 Å². The van der Waals surface area contributed by atoms with E-state index in [-0.39, 0.29) is 11.8 Å². The minimum atomic E-state index is 0.0906. The molecule has 1 fully saturated rings. The third-order valence-electron chi connectivity index (χ3n) is 2.94. The fraction of sp³-hybridized carbons (Fsp3) is 0.462. The number of carbonyl (C=O) groups is 1. The van der Waals surface area contributed by atoms with Crippen LogP contribution in [-0.2, 0) is 11.3 Å². The first-order valence-electron chi connectivity index (χ1n) is 5.83. The van der Waals surface area contributed by atoms with Crippen LogP contribution in [0.2, 0.25) is 5.02 Å². The van der Waals surface area contributed by atoms with Gasteiger partial charge in [0.1, 0.15) is 11.5 Å². The number of ether oxygens (including phenoxy) is 2. The van der Waals surface area contributed by atoms with Gasteiger partial charge in [-0.1, -0.05) is 11.6 Å². The number of amides is 1. The third kappa shape index (κ3) is 2.88. The van der Waals surface area contributed by atoms with E-state index in [9.17, 15) is 4.79 Å². The van der Waals surface area contributed by atoms with Gasteiger partial charge in [-0.25, -0.2) is 0 Å². The van der Waals surface area contributed by atoms with Gasteiger partial charge < -0.3 is 14.8 Å². The van der Waals surface area contributed by atoms with Crippen molar-refractivity contribution in [2.45, 2.75) is 19.4 Å². The lowest BCUT2D eigenvalue weighted by molar-refractivity contribution is -0.122. The molecule has 1 saturated carbocycles. The van der Waals surface area contributed by atoms with Gasteiger partial charge in [-0.05, 0) is 24.5 Å². The Morgan fingerprint density at radius 2 is 2.11 bits per heavy atom. The minimum Gasteiger partial charge on any atom is -0.497 e. The van der Waals surface area contributed by atoms with Gasteiger partial charge in [-0.15, -0.1) is 0 Å². The molecule has 0 bridgehead atoms. The second-order valence-electron chi connectivity index (χ2n) is 4.29. The number of nitrogens with one attached hydrogen (secondary N) is 1. The summed E-state index contributed by atoms with van der Waals surface area (Å²) >= 11 is 6.18. The average molecular weight is 270 g/mol. The number of hydrogen-bond donors (Lipinski definition) is 1. The lowest BCUT2D eigenvalue weighted by Crippen LogP contribution is -2.24. The largest absolute Gasteiger partial charge is 0.497 e. The predicted octanol–water partition coefficient (Wildman–Crippen LogP) is 2.38. The van der Waals surface area contributed by atoms with Crippen LogP contribution in [0.15, 0.2) is 12.1 Å². The van der Waals surface area contributed by atoms with Gasteiger partial charge in [0.25, 0.3) is 0 Å². The molecule has 5 heteroatoms. The highest BCUT2D eigenvalue weighted by Gasteiger charge is 2.29. The Morgan fingerprint density at radius 1 is 1.39 bits per heavy atom. The first-order chi connectivity index (χ1) is 8.65. The number of benzene rings is 1. The molecule has 1 aliphatic carbocycles. The van der Waals surface area contributed by atoms with E-state index >= 15 is 0 Å². The second kappa shape index (κ2) is 5.48. The van der Waals surface area contributed by atoms with E-state index in [2.05, 4.69) is 5.32 Å². The van der Waals surface area contributed by atoms with Crippen LogP contribution in [0.3, 0.4) is 0 Å². The molecular formula is C13H16ClNO3. The molecule has 0 spiro atoms. The fourth-order valence-corrected chi connectivity index (χ4v) is 1.95. The molecule has 1 aliphatic rings. The smallest absolute Gasteiger partial charge is 0.223 e. The van der Waals surface area contributed by atoms with Crippen molar-refractivity contribution >= 4 is 17.5 Å². The average Bonchev–Trinajstić information content (AvgIpc) is 3.21. The van der Waals surface area contributed by atoms with Gasteiger partial charge >= 0.3 is 0 Å². The molecule has 2 rings (SSSR count). The van der Waals surface area contributed by atoms with Crippen LogP contribution < -0.4 is 14.8 Å². The summed E-state index contributed by atoms with van der Waals surface area (Å²) in [5.41, 5.74) is 0.793. The number of hydrogen-bond acceptors (Lipinski definition) is 3. The molecule has 18 heavy (non-hydrogen) atoms. The molecule has 4 nitrogen and oxygen atoms in total. The predicted molar refractivity (Wildman–Crippen MR) is 69.1 cm³/mol. The van der Waals surface area contributed by atoms with Crippen LogP contribution in [0.4, 0.5) is 0 Å². The van der Waals surface area contributed by atoms with Crippen molar-refractivity contribution in [3.63, 3.8) is 0 Å². The van der Waals surface area contributed by atoms with Crippen molar-refractivity contribution < 1.29 is 14.3 Å². The molecule has 0 saturated heterocycles. The van der Waals surface area contributed by atoms with E-state index in [1.54, 1.807) is 26.4 Å². The molecule has 0 aromatic heterocycles. The highest BCUT2D eigenvalue weighted by molar-refractivity contribution is 6.32. The maximum Gasteiger partial charge on any atom is 0.223 e. The van der Waals surface area contributed by atoms with E-state index in [4.69, 9.17) is 21.1 Å². The summed E-state index contributed by atoms with van der Waals surface area (Å²) < 4.78 is 10.3. The highest BCUT2D eigenvalue weighted by Crippen LogP contribution is 2.33. The van der Waals surface area contributed by atoms with Crippen molar-refractivity contribution in [1.29, 1.82) is 0 Å². The lowest BCUT2D eigenvalue weighted by Gasteiger charge is -2.12. The highest BCUT2D eigenvalue weighted by atomic mass is 35.5. The zero-order chi connectivity index (χ0) is 13.1. The van der Waals surface area contributed by atoms with Gasteiger partial charge in [-0.3, -0.25) is 4.79 Å². The van der Waals surface area contributed by atoms with Crippen molar-refractivity contribution in [2.75, 3.05) is 14.2 Å². The normalized spacial score (nSPS) is 14.2. The summed E-state index contributed by atoms with van der Waals surface area (Å²) in [6.45, 7) is 0.391. The minimum absolute atomic E-state index is 0.0906. The Hall–Kier alpha value is -1.42. The Bertz CT molecular complexity index is 458. The van der Waals surface area contributed by atoms with Gasteiger partial charge in [0.15, 0.2) is 0 Å². The Labute approximate surface area is 111 Å². The molecule has 0 aliphatic heterocycles. The second-order valence-corrected chi connectivity index (χ2v) is 4.67. The van der Waals surface area contributed by atoms with Crippen LogP contribution in [-0.4, -0.2) is 20.1 Å². The third-order valence-corrected chi connectivity index (χ3v) is 3.37. The summed E-state index contributed by atoms with van der Waals surface area (Å²) in [7, 11) is 3.13. The monoisotopic (exact) mass is 269 g/mol. The number of halogens is 1. The fourth-order valence-electron chi connectivity index (χ4n) is 1.69. The lowest BCUT2D eigenvalue weighted by atomic mass is 10.2. The summed E-state index contributed by atoms with van der Waals surface area (Å²) in [6, 6.07) is 3.52. The van der Waals surface area contributed by atoms with E-state index in [0.29, 0.717) is 23.1 Å². The number of rotatable bonds is 5. The molecule has 98 valence electrons. The van der Waals surface area contributed by atoms with E-state index in [0.717, 1.165) is 18.4 Å². The maximum atomic E-state index is 11.6. The Kier molecular flexibility index (Phi) is 3.97. The zero-order valence-corrected chi connectivity index (χ0v) is 11.2. The maximum absolute atomic E-state index is 11.6. The first-order valence-corrected chi connectivity index (χ1v) is 6.21. The molecule has 0 unspecified atom stereocenters. The Balaban J connectivity index is 2.12. The summed E-state index contributed by atoms with van der Waals surface area (Å²) in [6.07, 6.45) is 1.97. The topological polar surface area (TPSA) is 47.6 Å². The van der Waals surface area contributed by atoms with Crippen LogP contribution in [0.5, 0.6) is 11.5 Å². The van der Waals surface area contributed by atoms with Crippen LogP contribution >= 0.6 is 11.6 Å². The zero-order valence-electron chi connectivity index (χ0n) is 10.5. The summed E-state index contributed by atoms with van der Waals surface area (Å²) in [4.78, 5) is 11.6. The number of methoxy groups -OCH3 is 2. The summed E-state index contributed by atoms with van der Waals surface area (Å²) in [5.74, 6) is 1.49. The van der Waals surface area contributed by atoms with Crippen LogP contribution in [0.25, 0.3) is 0 Å². The first kappa shape index (κ1) is 13.0. The molecule has 1 N–H and O–H groups in total. The molecule has 1 aromatic rings. The quantitative estimate of drug-likeness (QED) is 0.893. The SMILES string of the molecule is COc1cc(CNC(=O)C2CC2)c(Cl)c(OC)c1. The van der Waals surface area contributed by atoms with E-state index in [1.165, 1.54) is 0 Å². The van der Waals surface area contributed by atoms with E-state index < -0.39 is 0 Å². The number of carbonyl (C=O) groups excluding carboxylic acids is 1. The molecule has 1 amide bonds. The standard InChI is InChI=1S/C13H16ClNO3/c1-17-10-5-9(12(14)11(6-10)18-2)7-15-13(16)8-3-4-8/h5-6,8H,3-4,7H2,1-2H3,(H,15,16). The molecule has 0 heterocycles.